The quantitative estimate of drug-likeness (QED) is 0.504. The topological polar surface area (TPSA) is 37.9 Å². The number of nitrogens with zero attached hydrogens (tertiary/aromatic N) is 2. The first-order valence-corrected chi connectivity index (χ1v) is 8.21. The molecule has 1 aromatic heterocycles. The molecule has 3 aromatic rings. The van der Waals surface area contributed by atoms with Gasteiger partial charge in [-0.2, -0.15) is 17.7 Å². The monoisotopic (exact) mass is 414 g/mol. The highest BCUT2D eigenvalue weighted by atomic mass is 19.4. The predicted molar refractivity (Wildman–Crippen MR) is 91.0 cm³/mol. The highest BCUT2D eigenvalue weighted by Crippen LogP contribution is 2.29. The van der Waals surface area contributed by atoms with Crippen molar-refractivity contribution in [2.75, 3.05) is 5.32 Å². The third-order valence-electron chi connectivity index (χ3n) is 4.39. The third kappa shape index (κ3) is 3.82. The van der Waals surface area contributed by atoms with Gasteiger partial charge in [0.1, 0.15) is 23.4 Å². The summed E-state index contributed by atoms with van der Waals surface area (Å²) in [5, 5.41) is 2.16. The van der Waals surface area contributed by atoms with Crippen LogP contribution in [0.1, 0.15) is 21.9 Å². The van der Waals surface area contributed by atoms with E-state index in [0.717, 1.165) is 45.7 Å². The first kappa shape index (κ1) is 20.4. The van der Waals surface area contributed by atoms with Gasteiger partial charge in [-0.05, 0) is 24.3 Å². The molecule has 3 rings (SSSR count). The van der Waals surface area contributed by atoms with Gasteiger partial charge in [0.15, 0.2) is 11.5 Å². The van der Waals surface area contributed by atoms with Crippen LogP contribution < -0.4 is 9.88 Å². The summed E-state index contributed by atoms with van der Waals surface area (Å²) in [6.45, 7) is 1.38. The number of aromatic nitrogens is 2. The summed E-state index contributed by atoms with van der Waals surface area (Å²) < 4.78 is 83.0. The van der Waals surface area contributed by atoms with Gasteiger partial charge >= 0.3 is 6.18 Å². The molecule has 0 aliphatic heterocycles. The van der Waals surface area contributed by atoms with Crippen LogP contribution in [0, 0.1) is 24.4 Å². The SMILES string of the molecule is Cc1n(C)c(C(F)(F)F)c[n+]1-c1ccc(NC(=O)c2c(F)cccc2F)cc1F. The molecule has 0 aliphatic carbocycles. The number of nitrogens with one attached hydrogen (secondary N) is 1. The fourth-order valence-corrected chi connectivity index (χ4v) is 2.83. The molecule has 0 saturated heterocycles. The summed E-state index contributed by atoms with van der Waals surface area (Å²) in [5.74, 6) is -4.13. The van der Waals surface area contributed by atoms with E-state index in [0.29, 0.717) is 0 Å². The largest absolute Gasteiger partial charge is 0.457 e. The van der Waals surface area contributed by atoms with Crippen LogP contribution in [0.4, 0.5) is 32.0 Å². The number of amides is 1. The van der Waals surface area contributed by atoms with Crippen LogP contribution in [0.2, 0.25) is 0 Å². The standard InChI is InChI=1S/C19H13F6N3O/c1-10-27(2)16(19(23,24)25)9-28(10)15-7-6-11(8-14(15)22)26-18(29)17-12(20)4-3-5-13(17)21/h3-9H,1-2H3/p+1. The van der Waals surface area contributed by atoms with Gasteiger partial charge in [-0.3, -0.25) is 4.79 Å². The maximum atomic E-state index is 14.6. The summed E-state index contributed by atoms with van der Waals surface area (Å²) in [7, 11) is 1.20. The molecule has 1 amide bonds. The van der Waals surface area contributed by atoms with Gasteiger partial charge < -0.3 is 5.32 Å². The molecular weight excluding hydrogens is 400 g/mol. The van der Waals surface area contributed by atoms with Crippen LogP contribution in [0.15, 0.2) is 42.6 Å². The Morgan fingerprint density at radius 2 is 1.66 bits per heavy atom. The highest BCUT2D eigenvalue weighted by Gasteiger charge is 2.41. The van der Waals surface area contributed by atoms with Gasteiger partial charge in [-0.25, -0.2) is 17.7 Å². The number of carbonyl (C=O) groups excluding carboxylic acids is 1. The number of halogens is 6. The van der Waals surface area contributed by atoms with Gasteiger partial charge in [0.2, 0.25) is 5.69 Å². The van der Waals surface area contributed by atoms with Crippen LogP contribution in [-0.4, -0.2) is 10.5 Å². The van der Waals surface area contributed by atoms with Crippen LogP contribution in [0.5, 0.6) is 0 Å². The van der Waals surface area contributed by atoms with Crippen LogP contribution >= 0.6 is 0 Å². The molecule has 0 aliphatic rings. The van der Waals surface area contributed by atoms with Gasteiger partial charge in [0.25, 0.3) is 11.7 Å². The predicted octanol–water partition coefficient (Wildman–Crippen LogP) is 4.30. The minimum absolute atomic E-state index is 0.112. The van der Waals surface area contributed by atoms with Crippen LogP contribution in [0.3, 0.4) is 0 Å². The van der Waals surface area contributed by atoms with Crippen molar-refractivity contribution in [3.05, 3.63) is 77.1 Å². The van der Waals surface area contributed by atoms with Gasteiger partial charge in [0, 0.05) is 18.7 Å². The molecule has 1 heterocycles. The van der Waals surface area contributed by atoms with Crippen molar-refractivity contribution < 1.29 is 35.7 Å². The summed E-state index contributed by atoms with van der Waals surface area (Å²) >= 11 is 0. The van der Waals surface area contributed by atoms with E-state index in [1.54, 1.807) is 0 Å². The van der Waals surface area contributed by atoms with E-state index in [1.807, 2.05) is 0 Å². The van der Waals surface area contributed by atoms with Gasteiger partial charge in [-0.1, -0.05) is 6.07 Å². The number of hydrogen-bond acceptors (Lipinski definition) is 1. The maximum absolute atomic E-state index is 14.6. The molecule has 29 heavy (non-hydrogen) atoms. The normalized spacial score (nSPS) is 11.6. The van der Waals surface area contributed by atoms with E-state index < -0.39 is 40.8 Å². The first-order valence-electron chi connectivity index (χ1n) is 8.21. The number of benzene rings is 2. The molecule has 1 N–H and O–H groups in total. The first-order chi connectivity index (χ1) is 13.5. The summed E-state index contributed by atoms with van der Waals surface area (Å²) in [6, 6.07) is 6.09. The lowest BCUT2D eigenvalue weighted by atomic mass is 10.1. The van der Waals surface area contributed by atoms with E-state index in [2.05, 4.69) is 5.32 Å². The number of rotatable bonds is 3. The highest BCUT2D eigenvalue weighted by molar-refractivity contribution is 6.04. The fraction of sp³-hybridized carbons (Fsp3) is 0.158. The second-order valence-electron chi connectivity index (χ2n) is 6.21. The lowest BCUT2D eigenvalue weighted by molar-refractivity contribution is -0.604. The molecule has 0 unspecified atom stereocenters. The van der Waals surface area contributed by atoms with E-state index in [1.165, 1.54) is 20.0 Å². The third-order valence-corrected chi connectivity index (χ3v) is 4.39. The van der Waals surface area contributed by atoms with E-state index in [9.17, 15) is 31.1 Å². The zero-order valence-corrected chi connectivity index (χ0v) is 15.1. The van der Waals surface area contributed by atoms with Gasteiger partial charge in [-0.15, -0.1) is 0 Å². The molecule has 2 aromatic carbocycles. The van der Waals surface area contributed by atoms with Crippen molar-refractivity contribution in [2.24, 2.45) is 7.05 Å². The smallest absolute Gasteiger partial charge is 0.322 e. The maximum Gasteiger partial charge on any atom is 0.457 e. The molecule has 4 nitrogen and oxygen atoms in total. The van der Waals surface area contributed by atoms with Crippen LogP contribution in [0.25, 0.3) is 5.69 Å². The van der Waals surface area contributed by atoms with Crippen molar-refractivity contribution in [3.63, 3.8) is 0 Å². The fourth-order valence-electron chi connectivity index (χ4n) is 2.83. The average molecular weight is 414 g/mol. The van der Waals surface area contributed by atoms with Crippen molar-refractivity contribution >= 4 is 11.6 Å². The Bertz CT molecular complexity index is 1080. The number of alkyl halides is 3. The number of carbonyl (C=O) groups is 1. The van der Waals surface area contributed by atoms with Crippen molar-refractivity contribution in [1.82, 2.24) is 4.57 Å². The zero-order chi connectivity index (χ0) is 21.5. The van der Waals surface area contributed by atoms with Crippen molar-refractivity contribution in [2.45, 2.75) is 13.1 Å². The van der Waals surface area contributed by atoms with Crippen molar-refractivity contribution in [3.8, 4) is 5.69 Å². The Morgan fingerprint density at radius 1 is 1.03 bits per heavy atom. The molecule has 0 fully saturated rings. The second-order valence-corrected chi connectivity index (χ2v) is 6.21. The zero-order valence-electron chi connectivity index (χ0n) is 15.1. The average Bonchev–Trinajstić information content (AvgIpc) is 2.90. The lowest BCUT2D eigenvalue weighted by Gasteiger charge is -2.08. The Morgan fingerprint density at radius 3 is 2.17 bits per heavy atom. The molecular formula is C19H14F6N3O+. The van der Waals surface area contributed by atoms with Gasteiger partial charge in [0.05, 0.1) is 7.05 Å². The molecule has 0 bridgehead atoms. The minimum Gasteiger partial charge on any atom is -0.322 e. The van der Waals surface area contributed by atoms with E-state index in [-0.39, 0.29) is 17.2 Å². The molecule has 0 atom stereocenters. The number of imidazole rings is 1. The van der Waals surface area contributed by atoms with Crippen molar-refractivity contribution in [1.29, 1.82) is 0 Å². The van der Waals surface area contributed by atoms with Crippen LogP contribution in [-0.2, 0) is 13.2 Å². The second kappa shape index (κ2) is 7.26. The Labute approximate surface area is 161 Å². The Kier molecular flexibility index (Phi) is 5.12. The molecule has 152 valence electrons. The lowest BCUT2D eigenvalue weighted by Crippen LogP contribution is -2.33. The summed E-state index contributed by atoms with van der Waals surface area (Å²) in [4.78, 5) is 12.1. The minimum atomic E-state index is -4.63. The molecule has 0 radical (unpaired) electrons. The Hall–Kier alpha value is -3.30. The van der Waals surface area contributed by atoms with E-state index >= 15 is 0 Å². The number of hydrogen-bond donors (Lipinski definition) is 1. The summed E-state index contributed by atoms with van der Waals surface area (Å²) in [5.41, 5.74) is -2.12. The van der Waals surface area contributed by atoms with E-state index in [4.69, 9.17) is 0 Å². The summed E-state index contributed by atoms with van der Waals surface area (Å²) in [6.07, 6.45) is -3.88. The molecule has 10 heteroatoms. The number of anilines is 1. The molecule has 0 spiro atoms. The Balaban J connectivity index is 1.93. The molecule has 0 saturated carbocycles.